The Balaban J connectivity index is 2.03. The Bertz CT molecular complexity index is 706. The van der Waals surface area contributed by atoms with Crippen LogP contribution in [0.1, 0.15) is 32.8 Å². The average Bonchev–Trinajstić information content (AvgIpc) is 3.03. The Morgan fingerprint density at radius 2 is 2.04 bits per heavy atom. The van der Waals surface area contributed by atoms with Crippen molar-refractivity contribution < 1.29 is 5.11 Å². The normalized spacial score (nSPS) is 28.4. The minimum Gasteiger partial charge on any atom is -0.383 e. The number of hydrogen-bond acceptors (Lipinski definition) is 3. The van der Waals surface area contributed by atoms with Gasteiger partial charge in [-0.2, -0.15) is 5.10 Å². The van der Waals surface area contributed by atoms with Gasteiger partial charge in [-0.3, -0.25) is 0 Å². The predicted molar refractivity (Wildman–Crippen MR) is 92.0 cm³/mol. The highest BCUT2D eigenvalue weighted by atomic mass is 35.5. The van der Waals surface area contributed by atoms with Crippen LogP contribution < -0.4 is 0 Å². The molecular weight excluding hydrogens is 310 g/mol. The number of aromatic nitrogens is 3. The molecule has 4 nitrogen and oxygen atoms in total. The molecule has 0 amide bonds. The molecule has 1 aromatic carbocycles. The van der Waals surface area contributed by atoms with Gasteiger partial charge in [0.2, 0.25) is 0 Å². The zero-order chi connectivity index (χ0) is 16.7. The van der Waals surface area contributed by atoms with Crippen LogP contribution >= 0.6 is 11.6 Å². The fraction of sp³-hybridized carbons (Fsp3) is 0.444. The molecule has 1 N–H and O–H groups in total. The fourth-order valence-corrected chi connectivity index (χ4v) is 3.82. The van der Waals surface area contributed by atoms with E-state index >= 15 is 0 Å². The van der Waals surface area contributed by atoms with Gasteiger partial charge in [0.05, 0.1) is 6.54 Å². The number of halogens is 1. The lowest BCUT2D eigenvalue weighted by Gasteiger charge is -2.37. The van der Waals surface area contributed by atoms with Gasteiger partial charge in [-0.25, -0.2) is 9.67 Å². The maximum Gasteiger partial charge on any atom is 0.137 e. The van der Waals surface area contributed by atoms with Gasteiger partial charge in [-0.1, -0.05) is 50.6 Å². The summed E-state index contributed by atoms with van der Waals surface area (Å²) in [6.07, 6.45) is 6.17. The zero-order valence-corrected chi connectivity index (χ0v) is 14.5. The molecular formula is C18H22ClN3O. The standard InChI is InChI=1S/C18H22ClN3O/c1-13-9-17(2,3)18(23,10-22-12-20-11-21-22)16(13)8-14-4-6-15(19)7-5-14/h4-8,11-13,23H,9-10H2,1-3H3. The third kappa shape index (κ3) is 2.93. The monoisotopic (exact) mass is 331 g/mol. The molecule has 1 aliphatic rings. The molecule has 0 spiro atoms. The molecule has 2 unspecified atom stereocenters. The van der Waals surface area contributed by atoms with Crippen LogP contribution in [0.15, 0.2) is 42.5 Å². The molecule has 23 heavy (non-hydrogen) atoms. The van der Waals surface area contributed by atoms with Crippen LogP contribution in [0, 0.1) is 11.3 Å². The summed E-state index contributed by atoms with van der Waals surface area (Å²) in [7, 11) is 0. The van der Waals surface area contributed by atoms with Crippen LogP contribution in [0.2, 0.25) is 5.02 Å². The van der Waals surface area contributed by atoms with Crippen LogP contribution in [0.5, 0.6) is 0 Å². The maximum absolute atomic E-state index is 11.6. The summed E-state index contributed by atoms with van der Waals surface area (Å²) < 4.78 is 1.70. The molecule has 3 rings (SSSR count). The number of nitrogens with zero attached hydrogens (tertiary/aromatic N) is 3. The van der Waals surface area contributed by atoms with Crippen molar-refractivity contribution in [2.75, 3.05) is 0 Å². The van der Waals surface area contributed by atoms with Gasteiger partial charge in [0, 0.05) is 5.02 Å². The molecule has 0 aliphatic heterocycles. The lowest BCUT2D eigenvalue weighted by molar-refractivity contribution is -0.0298. The Morgan fingerprint density at radius 3 is 2.65 bits per heavy atom. The molecule has 1 heterocycles. The lowest BCUT2D eigenvalue weighted by Crippen LogP contribution is -2.45. The van der Waals surface area contributed by atoms with Crippen molar-refractivity contribution in [2.24, 2.45) is 11.3 Å². The summed E-state index contributed by atoms with van der Waals surface area (Å²) in [4.78, 5) is 3.99. The first-order chi connectivity index (χ1) is 10.8. The van der Waals surface area contributed by atoms with Crippen molar-refractivity contribution in [1.82, 2.24) is 14.8 Å². The minimum absolute atomic E-state index is 0.239. The first kappa shape index (κ1) is 16.2. The summed E-state index contributed by atoms with van der Waals surface area (Å²) in [5, 5.41) is 16.4. The van der Waals surface area contributed by atoms with E-state index in [-0.39, 0.29) is 5.41 Å². The third-order valence-electron chi connectivity index (χ3n) is 4.99. The molecule has 0 bridgehead atoms. The second-order valence-electron chi connectivity index (χ2n) is 7.09. The quantitative estimate of drug-likeness (QED) is 0.930. The molecule has 1 aliphatic carbocycles. The summed E-state index contributed by atoms with van der Waals surface area (Å²) in [6.45, 7) is 6.80. The van der Waals surface area contributed by atoms with Crippen molar-refractivity contribution >= 4 is 17.7 Å². The molecule has 122 valence electrons. The van der Waals surface area contributed by atoms with Crippen molar-refractivity contribution in [3.63, 3.8) is 0 Å². The second kappa shape index (κ2) is 5.77. The third-order valence-corrected chi connectivity index (χ3v) is 5.25. The fourth-order valence-electron chi connectivity index (χ4n) is 3.70. The van der Waals surface area contributed by atoms with Gasteiger partial charge in [0.1, 0.15) is 18.3 Å². The van der Waals surface area contributed by atoms with Crippen LogP contribution in [0.3, 0.4) is 0 Å². The van der Waals surface area contributed by atoms with Crippen molar-refractivity contribution in [1.29, 1.82) is 0 Å². The van der Waals surface area contributed by atoms with Gasteiger partial charge in [-0.05, 0) is 41.0 Å². The highest BCUT2D eigenvalue weighted by Crippen LogP contribution is 2.53. The van der Waals surface area contributed by atoms with E-state index in [2.05, 4.69) is 36.9 Å². The van der Waals surface area contributed by atoms with E-state index in [0.29, 0.717) is 17.5 Å². The number of rotatable bonds is 3. The Kier molecular flexibility index (Phi) is 4.07. The minimum atomic E-state index is -0.959. The molecule has 2 atom stereocenters. The van der Waals surface area contributed by atoms with Gasteiger partial charge in [-0.15, -0.1) is 0 Å². The Hall–Kier alpha value is -1.65. The highest BCUT2D eigenvalue weighted by molar-refractivity contribution is 6.30. The molecule has 1 fully saturated rings. The van der Waals surface area contributed by atoms with E-state index in [1.807, 2.05) is 24.3 Å². The van der Waals surface area contributed by atoms with E-state index in [1.54, 1.807) is 11.0 Å². The highest BCUT2D eigenvalue weighted by Gasteiger charge is 2.54. The van der Waals surface area contributed by atoms with Gasteiger partial charge >= 0.3 is 0 Å². The molecule has 0 saturated heterocycles. The zero-order valence-electron chi connectivity index (χ0n) is 13.7. The van der Waals surface area contributed by atoms with Gasteiger partial charge in [0.15, 0.2) is 0 Å². The largest absolute Gasteiger partial charge is 0.383 e. The van der Waals surface area contributed by atoms with E-state index in [1.165, 1.54) is 6.33 Å². The predicted octanol–water partition coefficient (Wildman–Crippen LogP) is 3.81. The summed E-state index contributed by atoms with van der Waals surface area (Å²) in [5.41, 5.74) is 0.891. The first-order valence-electron chi connectivity index (χ1n) is 7.84. The number of aliphatic hydroxyl groups is 1. The summed E-state index contributed by atoms with van der Waals surface area (Å²) in [6, 6.07) is 7.69. The lowest BCUT2D eigenvalue weighted by atomic mass is 9.76. The first-order valence-corrected chi connectivity index (χ1v) is 8.22. The van der Waals surface area contributed by atoms with E-state index < -0.39 is 5.60 Å². The SMILES string of the molecule is CC1CC(C)(C)C(O)(Cn2cncn2)C1=Cc1ccc(Cl)cc1. The maximum atomic E-state index is 11.6. The summed E-state index contributed by atoms with van der Waals surface area (Å²) >= 11 is 5.96. The average molecular weight is 332 g/mol. The van der Waals surface area contributed by atoms with Gasteiger partial charge < -0.3 is 5.11 Å². The molecule has 1 saturated carbocycles. The molecule has 5 heteroatoms. The number of benzene rings is 1. The summed E-state index contributed by atoms with van der Waals surface area (Å²) in [5.74, 6) is 0.300. The topological polar surface area (TPSA) is 50.9 Å². The van der Waals surface area contributed by atoms with Crippen LogP contribution in [0.25, 0.3) is 6.08 Å². The van der Waals surface area contributed by atoms with E-state index in [0.717, 1.165) is 17.6 Å². The van der Waals surface area contributed by atoms with Crippen LogP contribution in [0.4, 0.5) is 0 Å². The van der Waals surface area contributed by atoms with E-state index in [4.69, 9.17) is 11.6 Å². The van der Waals surface area contributed by atoms with E-state index in [9.17, 15) is 5.11 Å². The van der Waals surface area contributed by atoms with Crippen molar-refractivity contribution in [3.8, 4) is 0 Å². The molecule has 2 aromatic rings. The van der Waals surface area contributed by atoms with Crippen molar-refractivity contribution in [2.45, 2.75) is 39.3 Å². The molecule has 1 aromatic heterocycles. The van der Waals surface area contributed by atoms with Crippen molar-refractivity contribution in [3.05, 3.63) is 53.1 Å². The van der Waals surface area contributed by atoms with Gasteiger partial charge in [0.25, 0.3) is 0 Å². The van der Waals surface area contributed by atoms with Crippen LogP contribution in [-0.2, 0) is 6.54 Å². The second-order valence-corrected chi connectivity index (χ2v) is 7.53. The van der Waals surface area contributed by atoms with Crippen LogP contribution in [-0.4, -0.2) is 25.5 Å². The smallest absolute Gasteiger partial charge is 0.137 e. The number of hydrogen-bond donors (Lipinski definition) is 1. The Labute approximate surface area is 141 Å². The Morgan fingerprint density at radius 1 is 1.35 bits per heavy atom. The molecule has 0 radical (unpaired) electrons.